The third-order valence-corrected chi connectivity index (χ3v) is 0. The molecule has 0 bridgehead atoms. The Labute approximate surface area is 205 Å². The molecule has 0 heterocycles. The first-order chi connectivity index (χ1) is 0. The van der Waals surface area contributed by atoms with Crippen molar-refractivity contribution in [2.24, 2.45) is 0 Å². The van der Waals surface area contributed by atoms with Crippen LogP contribution in [0, 0.1) is 0 Å². The standard InChI is InChI=1S/2Al.2Mg.15H2O.4H4Si.6H/h;;;;15*1H2;4*1H4;;;;;;/p-1. The van der Waals surface area contributed by atoms with Crippen LogP contribution < -0.4 is 0 Å². The molecule has 0 saturated heterocycles. The molecule has 0 amide bonds. The molecule has 0 rings (SSSR count). The predicted molar refractivity (Wildman–Crippen MR) is 129 cm³/mol. The minimum absolute atomic E-state index is 0. The summed E-state index contributed by atoms with van der Waals surface area (Å²) < 4.78 is 0. The molecule has 0 spiro atoms. The topological polar surface area (TPSA) is 471 Å². The Balaban J connectivity index is 0. The molecular formula is H51Al2Mg2O15Si4-. The molecule has 23 heavy (non-hydrogen) atoms. The summed E-state index contributed by atoms with van der Waals surface area (Å²) in [5.41, 5.74) is 0. The van der Waals surface area contributed by atoms with Gasteiger partial charge in [0, 0.05) is 46.1 Å². The largest absolute Gasteiger partial charge is 0.870 e. The zero-order chi connectivity index (χ0) is 0. The fourth-order valence-electron chi connectivity index (χ4n) is 0. The molecule has 4 radical (unpaired) electrons. The predicted octanol–water partition coefficient (Wildman–Crippen LogP) is -20.7. The first-order valence-electron chi connectivity index (χ1n) is 0. The molecule has 0 aromatic carbocycles. The smallest absolute Gasteiger partial charge is 0.187 e. The van der Waals surface area contributed by atoms with Crippen molar-refractivity contribution in [3.05, 3.63) is 0 Å². The Bertz CT molecular complexity index is 33.4. The van der Waals surface area contributed by atoms with Crippen LogP contribution in [0.2, 0.25) is 0 Å². The lowest BCUT2D eigenvalue weighted by molar-refractivity contribution is 0.823. The van der Waals surface area contributed by atoms with E-state index < -0.39 is 0 Å². The Morgan fingerprint density at radius 3 is 0.217 bits per heavy atom. The summed E-state index contributed by atoms with van der Waals surface area (Å²) in [7, 11) is 0. The molecule has 23 heteroatoms. The van der Waals surface area contributed by atoms with Crippen LogP contribution in [-0.2, 0) is 0 Å². The molecule has 0 saturated carbocycles. The van der Waals surface area contributed by atoms with E-state index in [9.17, 15) is 0 Å². The highest BCUT2D eigenvalue weighted by atomic mass is 28.1. The lowest BCUT2D eigenvalue weighted by Gasteiger charge is -0.870. The van der Waals surface area contributed by atoms with Crippen molar-refractivity contribution in [3.8, 4) is 0 Å². The van der Waals surface area contributed by atoms with E-state index in [1.807, 2.05) is 0 Å². The Morgan fingerprint density at radius 2 is 0.217 bits per heavy atom. The fraction of sp³-hybridized carbons (Fsp3) is 0. The number of rotatable bonds is 0. The molecule has 0 atom stereocenters. The number of hydrogen-bond acceptors (Lipinski definition) is 1. The van der Waals surface area contributed by atoms with Crippen LogP contribution in [0.5, 0.6) is 0 Å². The summed E-state index contributed by atoms with van der Waals surface area (Å²) in [5.74, 6) is 0. The van der Waals surface area contributed by atoms with E-state index in [0.717, 1.165) is 0 Å². The van der Waals surface area contributed by atoms with Gasteiger partial charge in [-0.15, -0.1) is 0 Å². The molecule has 0 aliphatic heterocycles. The van der Waals surface area contributed by atoms with Crippen LogP contribution in [-0.4, -0.2) is 207 Å². The van der Waals surface area contributed by atoms with E-state index >= 15 is 0 Å². The summed E-state index contributed by atoms with van der Waals surface area (Å²) in [6.45, 7) is 0. The van der Waals surface area contributed by atoms with Gasteiger partial charge in [0.1, 0.15) is 0 Å². The molecular weight excluding hydrogens is 455 g/mol. The van der Waals surface area contributed by atoms with Crippen molar-refractivity contribution in [1.29, 1.82) is 0 Å². The number of hydrogen-bond donors (Lipinski definition) is 0. The molecule has 0 aliphatic rings. The van der Waals surface area contributed by atoms with Crippen molar-refractivity contribution in [2.45, 2.75) is 0 Å². The fourth-order valence-corrected chi connectivity index (χ4v) is 0. The second kappa shape index (κ2) is 1730. The van der Waals surface area contributed by atoms with Crippen LogP contribution in [0.4, 0.5) is 0 Å². The zero-order valence-corrected chi connectivity index (χ0v) is 11.7. The first kappa shape index (κ1) is 1950. The average molecular weight is 506 g/mol. The molecule has 0 aliphatic carbocycles. The minimum atomic E-state index is 0. The van der Waals surface area contributed by atoms with Crippen LogP contribution in [0.15, 0.2) is 0 Å². The van der Waals surface area contributed by atoms with E-state index in [-0.39, 0.29) is 207 Å². The average Bonchev–Trinajstić information content (AvgIpc) is 0. The van der Waals surface area contributed by atoms with Crippen LogP contribution in [0.25, 0.3) is 0 Å². The second-order valence-corrected chi connectivity index (χ2v) is 0. The summed E-state index contributed by atoms with van der Waals surface area (Å²) in [6, 6.07) is 0. The first-order valence-corrected chi connectivity index (χ1v) is 0. The van der Waals surface area contributed by atoms with E-state index in [4.69, 9.17) is 0 Å². The summed E-state index contributed by atoms with van der Waals surface area (Å²) in [5, 5.41) is 0. The third-order valence-electron chi connectivity index (χ3n) is 0. The third kappa shape index (κ3) is 1580. The molecule has 168 valence electrons. The maximum Gasteiger partial charge on any atom is 0.187 e. The highest BCUT2D eigenvalue weighted by molar-refractivity contribution is 5.76. The van der Waals surface area contributed by atoms with Gasteiger partial charge in [-0.25, -0.2) is 0 Å². The summed E-state index contributed by atoms with van der Waals surface area (Å²) in [4.78, 5) is 0. The molecule has 29 N–H and O–H groups in total. The van der Waals surface area contributed by atoms with Gasteiger partial charge < -0.3 is 82.1 Å². The monoisotopic (exact) mass is 505 g/mol. The zero-order valence-electron chi connectivity index (χ0n) is 8.86. The van der Waals surface area contributed by atoms with Gasteiger partial charge in [-0.05, 0) is 43.9 Å². The van der Waals surface area contributed by atoms with E-state index in [0.29, 0.717) is 0 Å². The van der Waals surface area contributed by atoms with Crippen molar-refractivity contribution < 1.29 is 82.1 Å². The van der Waals surface area contributed by atoms with E-state index in [1.165, 1.54) is 0 Å². The van der Waals surface area contributed by atoms with Crippen LogP contribution >= 0.6 is 0 Å². The molecule has 0 aromatic rings. The van der Waals surface area contributed by atoms with Crippen LogP contribution in [0.3, 0.4) is 0 Å². The second-order valence-electron chi connectivity index (χ2n) is 0. The Hall–Kier alpha value is 2.86. The Kier molecular flexibility index (Phi) is 146000. The van der Waals surface area contributed by atoms with Gasteiger partial charge in [-0.2, -0.15) is 0 Å². The normalized spacial score (nSPS) is 0. The van der Waals surface area contributed by atoms with Crippen molar-refractivity contribution >= 4 is 125 Å². The van der Waals surface area contributed by atoms with Gasteiger partial charge in [-0.1, -0.05) is 0 Å². The van der Waals surface area contributed by atoms with Gasteiger partial charge in [0.2, 0.25) is 0 Å². The molecule has 15 nitrogen and oxygen atoms in total. The van der Waals surface area contributed by atoms with Crippen molar-refractivity contribution in [3.63, 3.8) is 0 Å². The SMILES string of the molecule is O.O.O.O.O.O.O.O.O.O.O.O.O.O.[AlH3].[AlH3].[Mg].[Mg].[OH-].[SiH4].[SiH4].[SiH4].[SiH4]. The molecule has 0 aromatic heterocycles. The molecule has 0 fully saturated rings. The van der Waals surface area contributed by atoms with Crippen LogP contribution in [0.1, 0.15) is 0 Å². The van der Waals surface area contributed by atoms with E-state index in [2.05, 4.69) is 0 Å². The highest BCUT2D eigenvalue weighted by Gasteiger charge is 0.188. The lowest BCUT2D eigenvalue weighted by Crippen LogP contribution is -0.382. The van der Waals surface area contributed by atoms with Gasteiger partial charge >= 0.3 is 0 Å². The maximum atomic E-state index is 0. The minimum Gasteiger partial charge on any atom is -0.870 e. The summed E-state index contributed by atoms with van der Waals surface area (Å²) >= 11 is 0. The summed E-state index contributed by atoms with van der Waals surface area (Å²) in [6.07, 6.45) is 0. The van der Waals surface area contributed by atoms with Gasteiger partial charge in [0.05, 0.1) is 0 Å². The maximum absolute atomic E-state index is 0. The molecule has 0 unspecified atom stereocenters. The lowest BCUT2D eigenvalue weighted by atomic mass is 16.0. The quantitative estimate of drug-likeness (QED) is 0.284. The van der Waals surface area contributed by atoms with Gasteiger partial charge in [0.25, 0.3) is 0 Å². The van der Waals surface area contributed by atoms with Gasteiger partial charge in [0.15, 0.2) is 34.7 Å². The van der Waals surface area contributed by atoms with E-state index in [1.54, 1.807) is 0 Å². The highest BCUT2D eigenvalue weighted by Crippen LogP contribution is -0.274. The van der Waals surface area contributed by atoms with Crippen molar-refractivity contribution in [2.75, 3.05) is 0 Å². The van der Waals surface area contributed by atoms with Gasteiger partial charge in [-0.3, -0.25) is 0 Å². The Morgan fingerprint density at radius 1 is 0.217 bits per heavy atom. The van der Waals surface area contributed by atoms with Crippen molar-refractivity contribution in [1.82, 2.24) is 0 Å².